The molecule has 1 aromatic heterocycles. The Hall–Kier alpha value is -0.850. The van der Waals surface area contributed by atoms with Gasteiger partial charge in [0.25, 0.3) is 0 Å². The van der Waals surface area contributed by atoms with Crippen LogP contribution < -0.4 is 0 Å². The van der Waals surface area contributed by atoms with Gasteiger partial charge < -0.3 is 0 Å². The maximum atomic E-state index is 4.30. The quantitative estimate of drug-likeness (QED) is 0.598. The Labute approximate surface area is 68.5 Å². The number of hydrogen-bond donors (Lipinski definition) is 0. The molecule has 0 unspecified atom stereocenters. The Morgan fingerprint density at radius 3 is 2.36 bits per heavy atom. The van der Waals surface area contributed by atoms with Crippen LogP contribution in [0.25, 0.3) is 0 Å². The van der Waals surface area contributed by atoms with Gasteiger partial charge in [-0.2, -0.15) is 0 Å². The molecule has 0 aliphatic rings. The smallest absolute Gasteiger partial charge is 0.0401 e. The Morgan fingerprint density at radius 2 is 1.91 bits per heavy atom. The van der Waals surface area contributed by atoms with E-state index in [1.807, 2.05) is 13.1 Å². The van der Waals surface area contributed by atoms with E-state index < -0.39 is 0 Å². The van der Waals surface area contributed by atoms with Gasteiger partial charge in [0.1, 0.15) is 0 Å². The second-order valence-corrected chi connectivity index (χ2v) is 3.33. The van der Waals surface area contributed by atoms with Crippen molar-refractivity contribution in [2.75, 3.05) is 0 Å². The van der Waals surface area contributed by atoms with Crippen LogP contribution in [-0.2, 0) is 0 Å². The number of hydrogen-bond acceptors (Lipinski definition) is 1. The van der Waals surface area contributed by atoms with E-state index in [0.29, 0.717) is 5.92 Å². The molecule has 0 N–H and O–H groups in total. The molecule has 1 heteroatoms. The van der Waals surface area contributed by atoms with Crippen molar-refractivity contribution >= 4 is 0 Å². The van der Waals surface area contributed by atoms with E-state index in [1.54, 1.807) is 0 Å². The number of pyridine rings is 1. The van der Waals surface area contributed by atoms with Gasteiger partial charge in [-0.3, -0.25) is 4.98 Å². The molecule has 0 fully saturated rings. The summed E-state index contributed by atoms with van der Waals surface area (Å²) in [6.45, 7) is 8.52. The summed E-state index contributed by atoms with van der Waals surface area (Å²) in [5.41, 5.74) is 3.75. The van der Waals surface area contributed by atoms with Gasteiger partial charge in [0.2, 0.25) is 0 Å². The Bertz CT molecular complexity index is 251. The van der Waals surface area contributed by atoms with E-state index >= 15 is 0 Å². The van der Waals surface area contributed by atoms with Crippen molar-refractivity contribution in [1.29, 1.82) is 0 Å². The molecule has 0 spiro atoms. The molecule has 0 atom stereocenters. The van der Waals surface area contributed by atoms with Gasteiger partial charge in [-0.05, 0) is 30.9 Å². The maximum Gasteiger partial charge on any atom is 0.0401 e. The fraction of sp³-hybridized carbons (Fsp3) is 0.500. The normalized spacial score (nSPS) is 10.6. The van der Waals surface area contributed by atoms with Crippen LogP contribution in [-0.4, -0.2) is 4.98 Å². The zero-order chi connectivity index (χ0) is 8.43. The van der Waals surface area contributed by atoms with Gasteiger partial charge in [-0.15, -0.1) is 0 Å². The van der Waals surface area contributed by atoms with Gasteiger partial charge in [0, 0.05) is 11.9 Å². The summed E-state index contributed by atoms with van der Waals surface area (Å²) in [6.07, 6.45) is 1.97. The van der Waals surface area contributed by atoms with Crippen LogP contribution in [0.2, 0.25) is 0 Å². The molecule has 1 heterocycles. The van der Waals surface area contributed by atoms with E-state index in [4.69, 9.17) is 0 Å². The van der Waals surface area contributed by atoms with E-state index in [0.717, 1.165) is 5.69 Å². The maximum absolute atomic E-state index is 4.30. The largest absolute Gasteiger partial charge is 0.261 e. The Morgan fingerprint density at radius 1 is 1.27 bits per heavy atom. The first-order chi connectivity index (χ1) is 5.11. The Kier molecular flexibility index (Phi) is 2.28. The molecular formula is C10H15N. The van der Waals surface area contributed by atoms with Crippen molar-refractivity contribution in [3.05, 3.63) is 29.1 Å². The molecule has 0 aliphatic heterocycles. The summed E-state index contributed by atoms with van der Waals surface area (Å²) in [5.74, 6) is 0.585. The van der Waals surface area contributed by atoms with Crippen molar-refractivity contribution in [2.45, 2.75) is 33.6 Å². The minimum Gasteiger partial charge on any atom is -0.261 e. The van der Waals surface area contributed by atoms with Crippen LogP contribution in [0.15, 0.2) is 12.3 Å². The second-order valence-electron chi connectivity index (χ2n) is 3.33. The van der Waals surface area contributed by atoms with Crippen molar-refractivity contribution in [3.63, 3.8) is 0 Å². The highest BCUT2D eigenvalue weighted by atomic mass is 14.7. The van der Waals surface area contributed by atoms with Crippen LogP contribution in [0.3, 0.4) is 0 Å². The van der Waals surface area contributed by atoms with E-state index in [2.05, 4.69) is 31.8 Å². The first-order valence-electron chi connectivity index (χ1n) is 4.04. The molecule has 1 rings (SSSR count). The molecule has 0 saturated carbocycles. The van der Waals surface area contributed by atoms with Crippen molar-refractivity contribution in [2.24, 2.45) is 0 Å². The first-order valence-corrected chi connectivity index (χ1v) is 4.04. The summed E-state index contributed by atoms with van der Waals surface area (Å²) in [5, 5.41) is 0. The standard InChI is InChI=1S/C10H15N/c1-7(2)10-5-8(3)9(4)11-6-10/h5-7H,1-4H3. The highest BCUT2D eigenvalue weighted by molar-refractivity contribution is 5.24. The highest BCUT2D eigenvalue weighted by Crippen LogP contribution is 2.15. The molecule has 0 bridgehead atoms. The summed E-state index contributed by atoms with van der Waals surface area (Å²) < 4.78 is 0. The predicted octanol–water partition coefficient (Wildman–Crippen LogP) is 2.82. The molecular weight excluding hydrogens is 134 g/mol. The molecule has 0 radical (unpaired) electrons. The molecule has 1 nitrogen and oxygen atoms in total. The summed E-state index contributed by atoms with van der Waals surface area (Å²) in [4.78, 5) is 4.30. The topological polar surface area (TPSA) is 12.9 Å². The third-order valence-electron chi connectivity index (χ3n) is 2.03. The van der Waals surface area contributed by atoms with Gasteiger partial charge in [0.05, 0.1) is 0 Å². The van der Waals surface area contributed by atoms with Crippen LogP contribution in [0.1, 0.15) is 36.6 Å². The van der Waals surface area contributed by atoms with E-state index in [9.17, 15) is 0 Å². The summed E-state index contributed by atoms with van der Waals surface area (Å²) in [7, 11) is 0. The van der Waals surface area contributed by atoms with Crippen molar-refractivity contribution in [1.82, 2.24) is 4.98 Å². The van der Waals surface area contributed by atoms with Gasteiger partial charge in [-0.25, -0.2) is 0 Å². The number of rotatable bonds is 1. The van der Waals surface area contributed by atoms with Gasteiger partial charge in [0.15, 0.2) is 0 Å². The molecule has 0 amide bonds. The SMILES string of the molecule is Cc1cc(C(C)C)cnc1C. The fourth-order valence-corrected chi connectivity index (χ4v) is 0.981. The van der Waals surface area contributed by atoms with Crippen LogP contribution in [0.4, 0.5) is 0 Å². The third kappa shape index (κ3) is 1.79. The van der Waals surface area contributed by atoms with Crippen LogP contribution in [0, 0.1) is 13.8 Å². The zero-order valence-corrected chi connectivity index (χ0v) is 7.68. The number of aromatic nitrogens is 1. The summed E-state index contributed by atoms with van der Waals surface area (Å²) >= 11 is 0. The molecule has 11 heavy (non-hydrogen) atoms. The molecule has 0 aromatic carbocycles. The fourth-order valence-electron chi connectivity index (χ4n) is 0.981. The minimum atomic E-state index is 0.585. The molecule has 1 aromatic rings. The number of nitrogens with zero attached hydrogens (tertiary/aromatic N) is 1. The molecule has 0 aliphatic carbocycles. The molecule has 0 saturated heterocycles. The first kappa shape index (κ1) is 8.25. The van der Waals surface area contributed by atoms with Crippen molar-refractivity contribution in [3.8, 4) is 0 Å². The second kappa shape index (κ2) is 3.04. The minimum absolute atomic E-state index is 0.585. The predicted molar refractivity (Wildman–Crippen MR) is 47.8 cm³/mol. The average molecular weight is 149 g/mol. The van der Waals surface area contributed by atoms with Crippen molar-refractivity contribution < 1.29 is 0 Å². The lowest BCUT2D eigenvalue weighted by atomic mass is 10.0. The zero-order valence-electron chi connectivity index (χ0n) is 7.68. The van der Waals surface area contributed by atoms with Crippen LogP contribution in [0.5, 0.6) is 0 Å². The van der Waals surface area contributed by atoms with Gasteiger partial charge in [-0.1, -0.05) is 19.9 Å². The Balaban J connectivity index is 3.05. The third-order valence-corrected chi connectivity index (χ3v) is 2.03. The number of aryl methyl sites for hydroxylation is 2. The molecule has 60 valence electrons. The lowest BCUT2D eigenvalue weighted by Crippen LogP contribution is -1.93. The average Bonchev–Trinajstić information content (AvgIpc) is 1.94. The highest BCUT2D eigenvalue weighted by Gasteiger charge is 2.00. The van der Waals surface area contributed by atoms with E-state index in [-0.39, 0.29) is 0 Å². The lowest BCUT2D eigenvalue weighted by molar-refractivity contribution is 0.852. The lowest BCUT2D eigenvalue weighted by Gasteiger charge is -2.06. The van der Waals surface area contributed by atoms with Gasteiger partial charge >= 0.3 is 0 Å². The summed E-state index contributed by atoms with van der Waals surface area (Å²) in [6, 6.07) is 2.22. The van der Waals surface area contributed by atoms with Crippen LogP contribution >= 0.6 is 0 Å². The van der Waals surface area contributed by atoms with E-state index in [1.165, 1.54) is 11.1 Å². The monoisotopic (exact) mass is 149 g/mol.